The van der Waals surface area contributed by atoms with E-state index in [0.29, 0.717) is 6.01 Å². The molecule has 1 amide bonds. The number of carbonyl (C=O) groups excluding carboxylic acids is 1. The van der Waals surface area contributed by atoms with E-state index >= 15 is 0 Å². The van der Waals surface area contributed by atoms with Crippen LogP contribution >= 0.6 is 0 Å². The summed E-state index contributed by atoms with van der Waals surface area (Å²) in [6.07, 6.45) is 6.30. The predicted molar refractivity (Wildman–Crippen MR) is 111 cm³/mol. The summed E-state index contributed by atoms with van der Waals surface area (Å²) >= 11 is 0. The fraction of sp³-hybridized carbons (Fsp3) is 0.391. The van der Waals surface area contributed by atoms with Gasteiger partial charge in [0.05, 0.1) is 0 Å². The highest BCUT2D eigenvalue weighted by Crippen LogP contribution is 2.30. The Morgan fingerprint density at radius 1 is 1.04 bits per heavy atom. The first-order valence-electron chi connectivity index (χ1n) is 10.3. The molecule has 2 aliphatic rings. The van der Waals surface area contributed by atoms with Crippen LogP contribution in [0.4, 0.5) is 11.7 Å². The number of carbonyl (C=O) groups is 1. The monoisotopic (exact) mass is 375 g/mol. The molecule has 0 bridgehead atoms. The van der Waals surface area contributed by atoms with Crippen LogP contribution in [0.3, 0.4) is 0 Å². The van der Waals surface area contributed by atoms with Crippen LogP contribution in [0, 0.1) is 5.92 Å². The zero-order chi connectivity index (χ0) is 18.9. The Balaban J connectivity index is 1.24. The number of amides is 1. The Kier molecular flexibility index (Phi) is 4.51. The first-order chi connectivity index (χ1) is 13.8. The number of benzene rings is 2. The van der Waals surface area contributed by atoms with Crippen molar-refractivity contribution in [2.45, 2.75) is 38.5 Å². The molecule has 0 unspecified atom stereocenters. The largest absolute Gasteiger partial charge is 0.423 e. The minimum Gasteiger partial charge on any atom is -0.423 e. The third-order valence-electron chi connectivity index (χ3n) is 6.07. The SMILES string of the molecule is O=C(Nc1cccc2c1CCCC2)C1CCN(c2nc3ccccc3o2)CC1. The van der Waals surface area contributed by atoms with Crippen LogP contribution in [0.2, 0.25) is 0 Å². The summed E-state index contributed by atoms with van der Waals surface area (Å²) in [5.41, 5.74) is 5.45. The molecule has 5 nitrogen and oxygen atoms in total. The van der Waals surface area contributed by atoms with Gasteiger partial charge in [-0.05, 0) is 67.9 Å². The summed E-state index contributed by atoms with van der Waals surface area (Å²) in [5.74, 6) is 0.191. The molecule has 2 aromatic carbocycles. The number of hydrogen-bond acceptors (Lipinski definition) is 4. The van der Waals surface area contributed by atoms with Gasteiger partial charge < -0.3 is 14.6 Å². The molecule has 5 rings (SSSR count). The summed E-state index contributed by atoms with van der Waals surface area (Å²) in [6, 6.07) is 14.8. The van der Waals surface area contributed by atoms with Gasteiger partial charge in [-0.1, -0.05) is 24.3 Å². The number of nitrogens with zero attached hydrogens (tertiary/aromatic N) is 2. The van der Waals surface area contributed by atoms with Crippen molar-refractivity contribution >= 4 is 28.7 Å². The van der Waals surface area contributed by atoms with E-state index in [4.69, 9.17) is 4.42 Å². The molecule has 1 saturated heterocycles. The predicted octanol–water partition coefficient (Wildman–Crippen LogP) is 4.56. The molecule has 1 aliphatic heterocycles. The van der Waals surface area contributed by atoms with Crippen LogP contribution in [0.15, 0.2) is 46.9 Å². The van der Waals surface area contributed by atoms with Gasteiger partial charge in [0.15, 0.2) is 5.58 Å². The second kappa shape index (κ2) is 7.30. The quantitative estimate of drug-likeness (QED) is 0.729. The Bertz CT molecular complexity index is 969. The number of para-hydroxylation sites is 2. The fourth-order valence-corrected chi connectivity index (χ4v) is 4.46. The first kappa shape index (κ1) is 17.3. The average molecular weight is 375 g/mol. The second-order valence-corrected chi connectivity index (χ2v) is 7.87. The van der Waals surface area contributed by atoms with Crippen LogP contribution in [0.25, 0.3) is 11.1 Å². The van der Waals surface area contributed by atoms with Gasteiger partial charge in [-0.15, -0.1) is 0 Å². The van der Waals surface area contributed by atoms with Crippen molar-refractivity contribution in [3.05, 3.63) is 53.6 Å². The second-order valence-electron chi connectivity index (χ2n) is 7.87. The van der Waals surface area contributed by atoms with Crippen molar-refractivity contribution in [2.75, 3.05) is 23.3 Å². The molecule has 2 heterocycles. The molecule has 28 heavy (non-hydrogen) atoms. The number of oxazole rings is 1. The molecular formula is C23H25N3O2. The van der Waals surface area contributed by atoms with Gasteiger partial charge in [-0.25, -0.2) is 0 Å². The van der Waals surface area contributed by atoms with Gasteiger partial charge >= 0.3 is 0 Å². The molecule has 0 atom stereocenters. The van der Waals surface area contributed by atoms with Crippen LogP contribution in [0.5, 0.6) is 0 Å². The highest BCUT2D eigenvalue weighted by atomic mass is 16.4. The summed E-state index contributed by atoms with van der Waals surface area (Å²) in [4.78, 5) is 19.6. The number of aryl methyl sites for hydroxylation is 1. The van der Waals surface area contributed by atoms with E-state index in [9.17, 15) is 4.79 Å². The van der Waals surface area contributed by atoms with Crippen LogP contribution < -0.4 is 10.2 Å². The van der Waals surface area contributed by atoms with E-state index in [0.717, 1.165) is 55.6 Å². The number of piperidine rings is 1. The number of fused-ring (bicyclic) bond motifs is 2. The van der Waals surface area contributed by atoms with E-state index in [1.807, 2.05) is 24.3 Å². The Labute approximate surface area is 164 Å². The maximum absolute atomic E-state index is 12.9. The zero-order valence-electron chi connectivity index (χ0n) is 16.0. The molecule has 5 heteroatoms. The van der Waals surface area contributed by atoms with Gasteiger partial charge in [0, 0.05) is 24.7 Å². The van der Waals surface area contributed by atoms with E-state index in [2.05, 4.69) is 33.4 Å². The molecular weight excluding hydrogens is 350 g/mol. The molecule has 1 N–H and O–H groups in total. The third kappa shape index (κ3) is 3.26. The lowest BCUT2D eigenvalue weighted by Crippen LogP contribution is -2.38. The highest BCUT2D eigenvalue weighted by Gasteiger charge is 2.28. The molecule has 144 valence electrons. The van der Waals surface area contributed by atoms with E-state index in [1.165, 1.54) is 24.0 Å². The van der Waals surface area contributed by atoms with Gasteiger partial charge in [0.2, 0.25) is 5.91 Å². The Morgan fingerprint density at radius 3 is 2.71 bits per heavy atom. The van der Waals surface area contributed by atoms with Gasteiger partial charge in [0.25, 0.3) is 6.01 Å². The molecule has 1 aromatic heterocycles. The summed E-state index contributed by atoms with van der Waals surface area (Å²) in [7, 11) is 0. The third-order valence-corrected chi connectivity index (χ3v) is 6.07. The number of anilines is 2. The highest BCUT2D eigenvalue weighted by molar-refractivity contribution is 5.93. The lowest BCUT2D eigenvalue weighted by molar-refractivity contribution is -0.120. The molecule has 3 aromatic rings. The number of aromatic nitrogens is 1. The van der Waals surface area contributed by atoms with Gasteiger partial charge in [0.1, 0.15) is 5.52 Å². The maximum atomic E-state index is 12.9. The Hall–Kier alpha value is -2.82. The number of nitrogens with one attached hydrogen (secondary N) is 1. The lowest BCUT2D eigenvalue weighted by Gasteiger charge is -2.30. The van der Waals surface area contributed by atoms with Crippen LogP contribution in [-0.4, -0.2) is 24.0 Å². The van der Waals surface area contributed by atoms with Crippen LogP contribution in [-0.2, 0) is 17.6 Å². The molecule has 0 radical (unpaired) electrons. The van der Waals surface area contributed by atoms with Crippen molar-refractivity contribution in [3.8, 4) is 0 Å². The lowest BCUT2D eigenvalue weighted by atomic mass is 9.90. The summed E-state index contributed by atoms with van der Waals surface area (Å²) < 4.78 is 5.88. The summed E-state index contributed by atoms with van der Waals surface area (Å²) in [5, 5.41) is 3.22. The van der Waals surface area contributed by atoms with E-state index in [-0.39, 0.29) is 11.8 Å². The van der Waals surface area contributed by atoms with Crippen molar-refractivity contribution in [2.24, 2.45) is 5.92 Å². The number of hydrogen-bond donors (Lipinski definition) is 1. The standard InChI is InChI=1S/C23H25N3O2/c27-22(24-19-10-5-7-16-6-1-2-8-18(16)19)17-12-14-26(15-13-17)23-25-20-9-3-4-11-21(20)28-23/h3-5,7,9-11,17H,1-2,6,8,12-15H2,(H,24,27). The maximum Gasteiger partial charge on any atom is 0.298 e. The average Bonchev–Trinajstić information content (AvgIpc) is 3.18. The number of rotatable bonds is 3. The molecule has 0 spiro atoms. The molecule has 0 saturated carbocycles. The first-order valence-corrected chi connectivity index (χ1v) is 10.3. The van der Waals surface area contributed by atoms with E-state index < -0.39 is 0 Å². The molecule has 1 fully saturated rings. The normalized spacial score (nSPS) is 17.5. The zero-order valence-corrected chi connectivity index (χ0v) is 16.0. The fourth-order valence-electron chi connectivity index (χ4n) is 4.46. The van der Waals surface area contributed by atoms with Crippen LogP contribution in [0.1, 0.15) is 36.8 Å². The minimum atomic E-state index is 0.0417. The van der Waals surface area contributed by atoms with Gasteiger partial charge in [-0.3, -0.25) is 4.79 Å². The van der Waals surface area contributed by atoms with Crippen molar-refractivity contribution in [1.29, 1.82) is 0 Å². The van der Waals surface area contributed by atoms with Crippen molar-refractivity contribution < 1.29 is 9.21 Å². The topological polar surface area (TPSA) is 58.4 Å². The molecule has 1 aliphatic carbocycles. The smallest absolute Gasteiger partial charge is 0.298 e. The van der Waals surface area contributed by atoms with E-state index in [1.54, 1.807) is 0 Å². The van der Waals surface area contributed by atoms with Crippen molar-refractivity contribution in [3.63, 3.8) is 0 Å². The Morgan fingerprint density at radius 2 is 1.86 bits per heavy atom. The minimum absolute atomic E-state index is 0.0417. The van der Waals surface area contributed by atoms with Gasteiger partial charge in [-0.2, -0.15) is 4.98 Å². The van der Waals surface area contributed by atoms with Crippen molar-refractivity contribution in [1.82, 2.24) is 4.98 Å². The summed E-state index contributed by atoms with van der Waals surface area (Å²) in [6.45, 7) is 1.58.